The van der Waals surface area contributed by atoms with Crippen molar-refractivity contribution in [3.63, 3.8) is 0 Å². The molecule has 0 aromatic carbocycles. The quantitative estimate of drug-likeness (QED) is 0.781. The summed E-state index contributed by atoms with van der Waals surface area (Å²) in [6, 6.07) is 0. The molecule has 0 radical (unpaired) electrons. The molecule has 2 heteroatoms. The fraction of sp³-hybridized carbons (Fsp3) is 1.00. The molecule has 1 heterocycles. The van der Waals surface area contributed by atoms with Gasteiger partial charge in [-0.2, -0.15) is 0 Å². The van der Waals surface area contributed by atoms with E-state index in [1.165, 1.54) is 45.1 Å². The van der Waals surface area contributed by atoms with Crippen molar-refractivity contribution >= 4 is 0 Å². The van der Waals surface area contributed by atoms with Gasteiger partial charge in [0.1, 0.15) is 0 Å². The number of hydrogen-bond donors (Lipinski definition) is 1. The maximum atomic E-state index is 6.37. The average molecular weight is 224 g/mol. The highest BCUT2D eigenvalue weighted by Crippen LogP contribution is 2.40. The Morgan fingerprint density at radius 2 is 1.81 bits per heavy atom. The molecule has 3 unspecified atom stereocenters. The molecule has 0 aromatic heterocycles. The summed E-state index contributed by atoms with van der Waals surface area (Å²) >= 11 is 0. The summed E-state index contributed by atoms with van der Waals surface area (Å²) < 4.78 is 0. The summed E-state index contributed by atoms with van der Waals surface area (Å²) in [5.41, 5.74) is 6.65. The summed E-state index contributed by atoms with van der Waals surface area (Å²) in [6.45, 7) is 8.21. The third kappa shape index (κ3) is 2.28. The Balaban J connectivity index is 2.06. The molecule has 16 heavy (non-hydrogen) atoms. The van der Waals surface area contributed by atoms with E-state index in [1.54, 1.807) is 0 Å². The Labute approximate surface area is 101 Å². The van der Waals surface area contributed by atoms with Crippen LogP contribution in [0.2, 0.25) is 0 Å². The minimum atomic E-state index is 0.280. The Kier molecular flexibility index (Phi) is 3.60. The lowest BCUT2D eigenvalue weighted by molar-refractivity contribution is -0.0241. The third-order valence-electron chi connectivity index (χ3n) is 5.09. The van der Waals surface area contributed by atoms with Crippen LogP contribution in [0.25, 0.3) is 0 Å². The molecule has 1 saturated carbocycles. The molecule has 1 saturated heterocycles. The first-order valence-electron chi connectivity index (χ1n) is 7.07. The van der Waals surface area contributed by atoms with E-state index in [0.29, 0.717) is 6.17 Å². The van der Waals surface area contributed by atoms with Crippen molar-refractivity contribution in [2.45, 2.75) is 71.0 Å². The van der Waals surface area contributed by atoms with Crippen LogP contribution in [-0.4, -0.2) is 23.1 Å². The summed E-state index contributed by atoms with van der Waals surface area (Å²) in [4.78, 5) is 2.57. The van der Waals surface area contributed by atoms with Crippen molar-refractivity contribution in [3.05, 3.63) is 0 Å². The van der Waals surface area contributed by atoms with Gasteiger partial charge in [0, 0.05) is 12.1 Å². The molecule has 1 aliphatic heterocycles. The molecule has 0 spiro atoms. The second kappa shape index (κ2) is 4.66. The van der Waals surface area contributed by atoms with Gasteiger partial charge in [0.15, 0.2) is 0 Å². The molecule has 0 bridgehead atoms. The Morgan fingerprint density at radius 3 is 2.44 bits per heavy atom. The van der Waals surface area contributed by atoms with Crippen LogP contribution in [-0.2, 0) is 0 Å². The number of nitrogens with two attached hydrogens (primary N) is 1. The number of likely N-dealkylation sites (tertiary alicyclic amines) is 1. The van der Waals surface area contributed by atoms with Gasteiger partial charge in [0.2, 0.25) is 0 Å². The van der Waals surface area contributed by atoms with Crippen LogP contribution < -0.4 is 5.73 Å². The second-order valence-electron chi connectivity index (χ2n) is 6.43. The number of nitrogens with zero attached hydrogens (tertiary/aromatic N) is 1. The van der Waals surface area contributed by atoms with Crippen molar-refractivity contribution in [2.75, 3.05) is 6.54 Å². The van der Waals surface area contributed by atoms with Gasteiger partial charge in [-0.15, -0.1) is 0 Å². The SMILES string of the molecule is CCC(C)(C)N1CC2CCCCC2CC1N. The maximum absolute atomic E-state index is 6.37. The molecular formula is C14H28N2. The van der Waals surface area contributed by atoms with E-state index in [0.717, 1.165) is 11.8 Å². The zero-order chi connectivity index (χ0) is 11.8. The van der Waals surface area contributed by atoms with Gasteiger partial charge in [-0.25, -0.2) is 0 Å². The molecule has 2 nitrogen and oxygen atoms in total. The zero-order valence-electron chi connectivity index (χ0n) is 11.2. The van der Waals surface area contributed by atoms with Crippen LogP contribution in [0.15, 0.2) is 0 Å². The monoisotopic (exact) mass is 224 g/mol. The molecule has 2 N–H and O–H groups in total. The molecule has 2 fully saturated rings. The highest BCUT2D eigenvalue weighted by Gasteiger charge is 2.40. The molecule has 2 rings (SSSR count). The average Bonchev–Trinajstić information content (AvgIpc) is 2.28. The second-order valence-corrected chi connectivity index (χ2v) is 6.43. The van der Waals surface area contributed by atoms with Gasteiger partial charge in [0.25, 0.3) is 0 Å². The summed E-state index contributed by atoms with van der Waals surface area (Å²) in [7, 11) is 0. The van der Waals surface area contributed by atoms with Crippen molar-refractivity contribution in [1.82, 2.24) is 4.90 Å². The first kappa shape index (κ1) is 12.4. The predicted octanol–water partition coefficient (Wildman–Crippen LogP) is 2.97. The highest BCUT2D eigenvalue weighted by molar-refractivity contribution is 4.93. The van der Waals surface area contributed by atoms with E-state index in [2.05, 4.69) is 25.7 Å². The van der Waals surface area contributed by atoms with Crippen molar-refractivity contribution in [3.8, 4) is 0 Å². The van der Waals surface area contributed by atoms with E-state index in [9.17, 15) is 0 Å². The molecule has 3 atom stereocenters. The summed E-state index contributed by atoms with van der Waals surface area (Å²) in [6.07, 6.45) is 8.47. The smallest absolute Gasteiger partial charge is 0.0579 e. The van der Waals surface area contributed by atoms with Crippen LogP contribution in [0.5, 0.6) is 0 Å². The number of hydrogen-bond acceptors (Lipinski definition) is 2. The van der Waals surface area contributed by atoms with Crippen molar-refractivity contribution < 1.29 is 0 Å². The van der Waals surface area contributed by atoms with Gasteiger partial charge in [-0.05, 0) is 44.9 Å². The molecular weight excluding hydrogens is 196 g/mol. The molecule has 0 amide bonds. The number of fused-ring (bicyclic) bond motifs is 1. The minimum absolute atomic E-state index is 0.280. The fourth-order valence-corrected chi connectivity index (χ4v) is 3.56. The van der Waals surface area contributed by atoms with Gasteiger partial charge in [0.05, 0.1) is 6.17 Å². The molecule has 0 aromatic rings. The van der Waals surface area contributed by atoms with E-state index in [1.807, 2.05) is 0 Å². The van der Waals surface area contributed by atoms with Gasteiger partial charge in [-0.1, -0.05) is 26.2 Å². The molecule has 94 valence electrons. The minimum Gasteiger partial charge on any atom is -0.316 e. The van der Waals surface area contributed by atoms with Gasteiger partial charge in [-0.3, -0.25) is 4.90 Å². The standard InChI is InChI=1S/C14H28N2/c1-4-14(2,3)16-10-12-8-6-5-7-11(12)9-13(16)15/h11-13H,4-10,15H2,1-3H3. The van der Waals surface area contributed by atoms with E-state index in [4.69, 9.17) is 5.73 Å². The van der Waals surface area contributed by atoms with E-state index in [-0.39, 0.29) is 5.54 Å². The first-order chi connectivity index (χ1) is 7.54. The van der Waals surface area contributed by atoms with Crippen molar-refractivity contribution in [1.29, 1.82) is 0 Å². The Morgan fingerprint density at radius 1 is 1.19 bits per heavy atom. The number of rotatable bonds is 2. The molecule has 2 aliphatic rings. The lowest BCUT2D eigenvalue weighted by Crippen LogP contribution is -2.59. The first-order valence-corrected chi connectivity index (χ1v) is 7.07. The van der Waals surface area contributed by atoms with Crippen LogP contribution in [0, 0.1) is 11.8 Å². The van der Waals surface area contributed by atoms with E-state index >= 15 is 0 Å². The van der Waals surface area contributed by atoms with Crippen LogP contribution >= 0.6 is 0 Å². The topological polar surface area (TPSA) is 29.3 Å². The zero-order valence-corrected chi connectivity index (χ0v) is 11.2. The maximum Gasteiger partial charge on any atom is 0.0579 e. The van der Waals surface area contributed by atoms with Gasteiger partial charge < -0.3 is 5.73 Å². The Bertz CT molecular complexity index is 237. The Hall–Kier alpha value is -0.0800. The highest BCUT2D eigenvalue weighted by atomic mass is 15.3. The molecule has 1 aliphatic carbocycles. The summed E-state index contributed by atoms with van der Waals surface area (Å²) in [5, 5.41) is 0. The largest absolute Gasteiger partial charge is 0.316 e. The lowest BCUT2D eigenvalue weighted by Gasteiger charge is -2.51. The lowest BCUT2D eigenvalue weighted by atomic mass is 9.73. The number of piperidine rings is 1. The van der Waals surface area contributed by atoms with Crippen molar-refractivity contribution in [2.24, 2.45) is 17.6 Å². The van der Waals surface area contributed by atoms with Crippen LogP contribution in [0.4, 0.5) is 0 Å². The predicted molar refractivity (Wildman–Crippen MR) is 69.1 cm³/mol. The van der Waals surface area contributed by atoms with Crippen LogP contribution in [0.1, 0.15) is 59.3 Å². The fourth-order valence-electron chi connectivity index (χ4n) is 3.56. The normalized spacial score (nSPS) is 37.1. The third-order valence-corrected chi connectivity index (χ3v) is 5.09. The van der Waals surface area contributed by atoms with Crippen LogP contribution in [0.3, 0.4) is 0 Å². The van der Waals surface area contributed by atoms with E-state index < -0.39 is 0 Å². The van der Waals surface area contributed by atoms with Gasteiger partial charge >= 0.3 is 0 Å². The summed E-state index contributed by atoms with van der Waals surface area (Å²) in [5.74, 6) is 1.85.